The van der Waals surface area contributed by atoms with Gasteiger partial charge >= 0.3 is 0 Å². The number of rotatable bonds is 6. The van der Waals surface area contributed by atoms with Crippen LogP contribution >= 0.6 is 0 Å². The van der Waals surface area contributed by atoms with E-state index in [9.17, 15) is 8.42 Å². The summed E-state index contributed by atoms with van der Waals surface area (Å²) in [5.41, 5.74) is 0. The smallest absolute Gasteiger partial charge is 0.246 e. The highest BCUT2D eigenvalue weighted by atomic mass is 32.2. The average Bonchev–Trinajstić information content (AvgIpc) is 3.03. The Morgan fingerprint density at radius 1 is 1.52 bits per heavy atom. The minimum atomic E-state index is -3.50. The molecular formula is C14H24N2O4S. The van der Waals surface area contributed by atoms with E-state index in [0.29, 0.717) is 37.2 Å². The van der Waals surface area contributed by atoms with Crippen LogP contribution in [0.2, 0.25) is 0 Å². The van der Waals surface area contributed by atoms with Gasteiger partial charge in [0.1, 0.15) is 16.4 Å². The van der Waals surface area contributed by atoms with Gasteiger partial charge in [-0.15, -0.1) is 0 Å². The largest absolute Gasteiger partial charge is 0.464 e. The van der Waals surface area contributed by atoms with Crippen LogP contribution in [0.25, 0.3) is 0 Å². The van der Waals surface area contributed by atoms with Crippen LogP contribution in [-0.4, -0.2) is 45.1 Å². The number of nitrogens with one attached hydrogen (secondary N) is 1. The second kappa shape index (κ2) is 6.48. The van der Waals surface area contributed by atoms with Crippen LogP contribution in [0.4, 0.5) is 0 Å². The molecular weight excluding hydrogens is 292 g/mol. The van der Waals surface area contributed by atoms with Crippen LogP contribution in [0.5, 0.6) is 0 Å². The molecule has 0 radical (unpaired) electrons. The number of hydrogen-bond donors (Lipinski definition) is 1. The molecule has 0 spiro atoms. The Morgan fingerprint density at radius 3 is 2.81 bits per heavy atom. The maximum atomic E-state index is 12.7. The summed E-state index contributed by atoms with van der Waals surface area (Å²) >= 11 is 0. The predicted molar refractivity (Wildman–Crippen MR) is 79.6 cm³/mol. The zero-order valence-electron chi connectivity index (χ0n) is 13.0. The quantitative estimate of drug-likeness (QED) is 0.861. The Bertz CT molecular complexity index is 580. The van der Waals surface area contributed by atoms with Crippen LogP contribution in [0, 0.1) is 6.92 Å². The van der Waals surface area contributed by atoms with Crippen molar-refractivity contribution < 1.29 is 17.6 Å². The van der Waals surface area contributed by atoms with Gasteiger partial charge in [-0.3, -0.25) is 0 Å². The van der Waals surface area contributed by atoms with Crippen molar-refractivity contribution in [3.05, 3.63) is 17.6 Å². The van der Waals surface area contributed by atoms with E-state index < -0.39 is 10.0 Å². The number of methoxy groups -OCH3 is 1. The molecule has 2 heterocycles. The number of aryl methyl sites for hydroxylation is 1. The van der Waals surface area contributed by atoms with Crippen molar-refractivity contribution in [1.29, 1.82) is 0 Å². The third kappa shape index (κ3) is 3.66. The molecule has 0 bridgehead atoms. The molecule has 1 N–H and O–H groups in total. The Morgan fingerprint density at radius 2 is 2.24 bits per heavy atom. The summed E-state index contributed by atoms with van der Waals surface area (Å²) in [7, 11) is -1.89. The van der Waals surface area contributed by atoms with Crippen molar-refractivity contribution in [3.63, 3.8) is 0 Å². The first-order valence-electron chi connectivity index (χ1n) is 7.20. The van der Waals surface area contributed by atoms with Gasteiger partial charge in [0.2, 0.25) is 10.0 Å². The van der Waals surface area contributed by atoms with E-state index in [2.05, 4.69) is 5.32 Å². The first-order valence-corrected chi connectivity index (χ1v) is 8.64. The van der Waals surface area contributed by atoms with Crippen LogP contribution in [-0.2, 0) is 21.3 Å². The first kappa shape index (κ1) is 16.5. The minimum absolute atomic E-state index is 0.0194. The number of furan rings is 1. The van der Waals surface area contributed by atoms with Crippen molar-refractivity contribution in [2.75, 3.05) is 20.2 Å². The predicted octanol–water partition coefficient (Wildman–Crippen LogP) is 1.50. The lowest BCUT2D eigenvalue weighted by Crippen LogP contribution is -2.30. The van der Waals surface area contributed by atoms with Gasteiger partial charge in [-0.05, 0) is 13.3 Å². The topological polar surface area (TPSA) is 71.8 Å². The van der Waals surface area contributed by atoms with E-state index in [1.807, 2.05) is 13.8 Å². The van der Waals surface area contributed by atoms with Crippen LogP contribution in [0.15, 0.2) is 15.4 Å². The third-order valence-electron chi connectivity index (χ3n) is 3.67. The molecule has 6 nitrogen and oxygen atoms in total. The summed E-state index contributed by atoms with van der Waals surface area (Å²) in [6.07, 6.45) is 0.711. The fourth-order valence-corrected chi connectivity index (χ4v) is 4.09. The van der Waals surface area contributed by atoms with Crippen molar-refractivity contribution in [2.45, 2.75) is 50.8 Å². The van der Waals surface area contributed by atoms with Crippen LogP contribution < -0.4 is 5.32 Å². The molecule has 2 rings (SSSR count). The van der Waals surface area contributed by atoms with Crippen molar-refractivity contribution in [2.24, 2.45) is 0 Å². The molecule has 1 unspecified atom stereocenters. The van der Waals surface area contributed by atoms with Crippen molar-refractivity contribution in [3.8, 4) is 0 Å². The number of ether oxygens (including phenoxy) is 1. The first-order chi connectivity index (χ1) is 9.84. The molecule has 1 aliphatic heterocycles. The average molecular weight is 316 g/mol. The second-order valence-electron chi connectivity index (χ2n) is 5.68. The van der Waals surface area contributed by atoms with Gasteiger partial charge in [-0.1, -0.05) is 13.8 Å². The molecule has 1 saturated heterocycles. The lowest BCUT2D eigenvalue weighted by Gasteiger charge is -2.15. The van der Waals surface area contributed by atoms with E-state index in [0.717, 1.165) is 6.42 Å². The van der Waals surface area contributed by atoms with Gasteiger partial charge in [0, 0.05) is 32.3 Å². The van der Waals surface area contributed by atoms with E-state index >= 15 is 0 Å². The van der Waals surface area contributed by atoms with Gasteiger partial charge in [0.05, 0.1) is 12.6 Å². The summed E-state index contributed by atoms with van der Waals surface area (Å²) in [6.45, 7) is 7.17. The highest BCUT2D eigenvalue weighted by molar-refractivity contribution is 7.89. The molecule has 1 fully saturated rings. The molecule has 1 aliphatic rings. The Kier molecular flexibility index (Phi) is 5.08. The number of nitrogens with zero attached hydrogens (tertiary/aromatic N) is 1. The van der Waals surface area contributed by atoms with E-state index in [4.69, 9.17) is 9.15 Å². The normalized spacial score (nSPS) is 20.5. The summed E-state index contributed by atoms with van der Waals surface area (Å²) in [5.74, 6) is 1.08. The molecule has 7 heteroatoms. The maximum absolute atomic E-state index is 12.7. The molecule has 21 heavy (non-hydrogen) atoms. The molecule has 0 aromatic carbocycles. The SMILES string of the molecule is COC1CCN(S(=O)(=O)c2cc(CNC(C)C)oc2C)C1. The molecule has 1 aromatic heterocycles. The molecule has 0 amide bonds. The zero-order valence-corrected chi connectivity index (χ0v) is 13.9. The summed E-state index contributed by atoms with van der Waals surface area (Å²) < 4.78 is 37.6. The van der Waals surface area contributed by atoms with Gasteiger partial charge in [-0.25, -0.2) is 8.42 Å². The van der Waals surface area contributed by atoms with Gasteiger partial charge < -0.3 is 14.5 Å². The molecule has 120 valence electrons. The standard InChI is InChI=1S/C14H24N2O4S/c1-10(2)15-8-13-7-14(11(3)20-13)21(17,18)16-6-5-12(9-16)19-4/h7,10,12,15H,5-6,8-9H2,1-4H3. The Balaban J connectivity index is 2.17. The fourth-order valence-electron chi connectivity index (χ4n) is 2.42. The van der Waals surface area contributed by atoms with Gasteiger partial charge in [-0.2, -0.15) is 4.31 Å². The Hall–Kier alpha value is -0.890. The zero-order chi connectivity index (χ0) is 15.6. The number of hydrogen-bond acceptors (Lipinski definition) is 5. The highest BCUT2D eigenvalue weighted by Crippen LogP contribution is 2.27. The molecule has 0 aliphatic carbocycles. The van der Waals surface area contributed by atoms with Crippen LogP contribution in [0.1, 0.15) is 31.8 Å². The van der Waals surface area contributed by atoms with Gasteiger partial charge in [0.15, 0.2) is 0 Å². The van der Waals surface area contributed by atoms with Crippen molar-refractivity contribution >= 4 is 10.0 Å². The summed E-state index contributed by atoms with van der Waals surface area (Å²) in [6, 6.07) is 1.94. The highest BCUT2D eigenvalue weighted by Gasteiger charge is 2.34. The second-order valence-corrected chi connectivity index (χ2v) is 7.58. The summed E-state index contributed by atoms with van der Waals surface area (Å²) in [4.78, 5) is 0.264. The van der Waals surface area contributed by atoms with E-state index in [1.165, 1.54) is 4.31 Å². The van der Waals surface area contributed by atoms with Crippen LogP contribution in [0.3, 0.4) is 0 Å². The number of sulfonamides is 1. The lowest BCUT2D eigenvalue weighted by atomic mass is 10.3. The molecule has 1 atom stereocenters. The van der Waals surface area contributed by atoms with Gasteiger partial charge in [0.25, 0.3) is 0 Å². The molecule has 0 saturated carbocycles. The van der Waals surface area contributed by atoms with E-state index in [1.54, 1.807) is 20.1 Å². The monoisotopic (exact) mass is 316 g/mol. The van der Waals surface area contributed by atoms with E-state index in [-0.39, 0.29) is 11.0 Å². The Labute approximate surface area is 126 Å². The fraction of sp³-hybridized carbons (Fsp3) is 0.714. The third-order valence-corrected chi connectivity index (χ3v) is 5.64. The molecule has 1 aromatic rings. The van der Waals surface area contributed by atoms with Crippen molar-refractivity contribution in [1.82, 2.24) is 9.62 Å². The maximum Gasteiger partial charge on any atom is 0.246 e. The summed E-state index contributed by atoms with van der Waals surface area (Å²) in [5, 5.41) is 3.22. The lowest BCUT2D eigenvalue weighted by molar-refractivity contribution is 0.115. The minimum Gasteiger partial charge on any atom is -0.464 e.